The molecule has 1 aromatic rings. The average Bonchev–Trinajstić information content (AvgIpc) is 2.30. The van der Waals surface area contributed by atoms with Gasteiger partial charge < -0.3 is 5.73 Å². The molecule has 0 aliphatic rings. The number of anilines is 1. The first-order valence-electron chi connectivity index (χ1n) is 5.56. The third kappa shape index (κ3) is 3.55. The molecule has 0 amide bonds. The maximum absolute atomic E-state index is 11.6. The Morgan fingerprint density at radius 3 is 2.45 bits per heavy atom. The topological polar surface area (TPSA) is 132 Å². The van der Waals surface area contributed by atoms with Crippen molar-refractivity contribution in [2.45, 2.75) is 18.7 Å². The van der Waals surface area contributed by atoms with Gasteiger partial charge in [-0.25, -0.2) is 8.42 Å². The Hall–Kier alpha value is -2.40. The van der Waals surface area contributed by atoms with Crippen molar-refractivity contribution in [2.75, 3.05) is 11.7 Å². The highest BCUT2D eigenvalue weighted by Crippen LogP contribution is 2.24. The molecule has 0 radical (unpaired) electrons. The second-order valence-electron chi connectivity index (χ2n) is 4.30. The molecule has 0 saturated heterocycles. The van der Waals surface area contributed by atoms with Crippen LogP contribution in [0.5, 0.6) is 0 Å². The van der Waals surface area contributed by atoms with Crippen molar-refractivity contribution in [3.63, 3.8) is 0 Å². The fourth-order valence-corrected chi connectivity index (χ4v) is 2.59. The lowest BCUT2D eigenvalue weighted by molar-refractivity contribution is 0.601. The molecule has 8 heteroatoms. The Labute approximate surface area is 117 Å². The lowest BCUT2D eigenvalue weighted by Crippen LogP contribution is -2.22. The number of sulfone groups is 1. The number of hydrogen-bond donors (Lipinski definition) is 3. The molecule has 4 N–H and O–H groups in total. The molecule has 0 heterocycles. The SMILES string of the molecule is Cc1cc(C)c(S(C)(=O)=O)cc1N/N=C(\C#N)C(=N)N. The lowest BCUT2D eigenvalue weighted by Gasteiger charge is -2.10. The van der Waals surface area contributed by atoms with E-state index >= 15 is 0 Å². The van der Waals surface area contributed by atoms with E-state index in [1.165, 1.54) is 6.07 Å². The Morgan fingerprint density at radius 2 is 2.00 bits per heavy atom. The molecule has 7 nitrogen and oxygen atoms in total. The predicted octanol–water partition coefficient (Wildman–Crippen LogP) is 0.934. The van der Waals surface area contributed by atoms with Crippen LogP contribution < -0.4 is 11.2 Å². The zero-order valence-electron chi connectivity index (χ0n) is 11.4. The van der Waals surface area contributed by atoms with E-state index in [9.17, 15) is 8.42 Å². The zero-order chi connectivity index (χ0) is 15.5. The monoisotopic (exact) mass is 293 g/mol. The summed E-state index contributed by atoms with van der Waals surface area (Å²) in [6.07, 6.45) is 1.12. The fourth-order valence-electron chi connectivity index (χ4n) is 1.61. The van der Waals surface area contributed by atoms with Crippen molar-refractivity contribution in [1.82, 2.24) is 0 Å². The Kier molecular flexibility index (Phi) is 4.47. The number of nitrogens with two attached hydrogens (primary N) is 1. The minimum atomic E-state index is -3.35. The molecule has 0 aliphatic heterocycles. The Balaban J connectivity index is 3.28. The van der Waals surface area contributed by atoms with Crippen LogP contribution in [0, 0.1) is 30.6 Å². The summed E-state index contributed by atoms with van der Waals surface area (Å²) < 4.78 is 23.3. The zero-order valence-corrected chi connectivity index (χ0v) is 12.2. The number of amidine groups is 1. The van der Waals surface area contributed by atoms with E-state index in [1.54, 1.807) is 26.0 Å². The van der Waals surface area contributed by atoms with E-state index in [4.69, 9.17) is 16.4 Å². The Morgan fingerprint density at radius 1 is 1.40 bits per heavy atom. The molecule has 106 valence electrons. The van der Waals surface area contributed by atoms with Crippen LogP contribution in [-0.2, 0) is 9.84 Å². The van der Waals surface area contributed by atoms with Gasteiger partial charge in [-0.3, -0.25) is 10.8 Å². The Bertz CT molecular complexity index is 729. The number of nitrogens with one attached hydrogen (secondary N) is 2. The molecule has 0 aliphatic carbocycles. The lowest BCUT2D eigenvalue weighted by atomic mass is 10.1. The molecule has 0 atom stereocenters. The highest BCUT2D eigenvalue weighted by atomic mass is 32.2. The third-order valence-electron chi connectivity index (χ3n) is 2.57. The molecular weight excluding hydrogens is 278 g/mol. The molecule has 0 unspecified atom stereocenters. The highest BCUT2D eigenvalue weighted by Gasteiger charge is 2.13. The van der Waals surface area contributed by atoms with Crippen molar-refractivity contribution < 1.29 is 8.42 Å². The van der Waals surface area contributed by atoms with E-state index in [0.717, 1.165) is 11.8 Å². The number of hydrogen-bond acceptors (Lipinski definition) is 6. The van der Waals surface area contributed by atoms with Crippen LogP contribution in [0.3, 0.4) is 0 Å². The first-order valence-corrected chi connectivity index (χ1v) is 7.45. The average molecular weight is 293 g/mol. The summed E-state index contributed by atoms with van der Waals surface area (Å²) in [5.41, 5.74) is 9.29. The standard InChI is InChI=1S/C12H15N5O2S/c1-7-4-8(2)11(20(3,18)19)5-9(7)16-17-10(6-13)12(14)15/h4-5,16H,1-3H3,(H3,14,15)/b17-10+. The molecule has 1 rings (SSSR count). The maximum atomic E-state index is 11.6. The summed E-state index contributed by atoms with van der Waals surface area (Å²) in [5.74, 6) is -0.465. The number of rotatable bonds is 4. The second kappa shape index (κ2) is 5.71. The first-order chi connectivity index (χ1) is 9.16. The van der Waals surface area contributed by atoms with Gasteiger partial charge in [-0.2, -0.15) is 10.4 Å². The normalized spacial score (nSPS) is 11.8. The van der Waals surface area contributed by atoms with Gasteiger partial charge in [0.2, 0.25) is 5.71 Å². The molecule has 0 spiro atoms. The summed E-state index contributed by atoms with van der Waals surface area (Å²) in [6.45, 7) is 3.48. The van der Waals surface area contributed by atoms with Crippen LogP contribution in [0.25, 0.3) is 0 Å². The summed E-state index contributed by atoms with van der Waals surface area (Å²) in [4.78, 5) is 0.183. The van der Waals surface area contributed by atoms with Crippen LogP contribution in [0.1, 0.15) is 11.1 Å². The molecule has 20 heavy (non-hydrogen) atoms. The van der Waals surface area contributed by atoms with Crippen LogP contribution >= 0.6 is 0 Å². The van der Waals surface area contributed by atoms with Crippen LogP contribution in [0.4, 0.5) is 5.69 Å². The van der Waals surface area contributed by atoms with E-state index in [-0.39, 0.29) is 10.6 Å². The predicted molar refractivity (Wildman–Crippen MR) is 77.6 cm³/mol. The first kappa shape index (κ1) is 15.7. The van der Waals surface area contributed by atoms with Crippen LogP contribution in [0.15, 0.2) is 22.1 Å². The third-order valence-corrected chi connectivity index (χ3v) is 3.81. The number of nitrogens with zero attached hydrogens (tertiary/aromatic N) is 2. The maximum Gasteiger partial charge on any atom is 0.201 e. The smallest absolute Gasteiger partial charge is 0.201 e. The van der Waals surface area contributed by atoms with Gasteiger partial charge in [0, 0.05) is 6.26 Å². The molecular formula is C12H15N5O2S. The molecule has 0 saturated carbocycles. The van der Waals surface area contributed by atoms with Gasteiger partial charge in [0.1, 0.15) is 6.07 Å². The summed E-state index contributed by atoms with van der Waals surface area (Å²) in [5, 5.41) is 19.6. The van der Waals surface area contributed by atoms with Gasteiger partial charge in [-0.15, -0.1) is 0 Å². The largest absolute Gasteiger partial charge is 0.382 e. The van der Waals surface area contributed by atoms with Crippen molar-refractivity contribution in [3.8, 4) is 6.07 Å². The summed E-state index contributed by atoms with van der Waals surface area (Å²) in [6, 6.07) is 4.81. The summed E-state index contributed by atoms with van der Waals surface area (Å²) >= 11 is 0. The summed E-state index contributed by atoms with van der Waals surface area (Å²) in [7, 11) is -3.35. The van der Waals surface area contributed by atoms with E-state index < -0.39 is 15.7 Å². The quantitative estimate of drug-likeness (QED) is 0.431. The van der Waals surface area contributed by atoms with Gasteiger partial charge in [0.25, 0.3) is 0 Å². The minimum Gasteiger partial charge on any atom is -0.382 e. The van der Waals surface area contributed by atoms with Crippen LogP contribution in [-0.4, -0.2) is 26.2 Å². The minimum absolute atomic E-state index is 0.183. The highest BCUT2D eigenvalue weighted by molar-refractivity contribution is 7.90. The number of aryl methyl sites for hydroxylation is 2. The van der Waals surface area contributed by atoms with Gasteiger partial charge in [-0.1, -0.05) is 6.07 Å². The molecule has 0 fully saturated rings. The van der Waals surface area contributed by atoms with Crippen molar-refractivity contribution in [3.05, 3.63) is 23.3 Å². The fraction of sp³-hybridized carbons (Fsp3) is 0.250. The van der Waals surface area contributed by atoms with E-state index in [1.807, 2.05) is 0 Å². The van der Waals surface area contributed by atoms with E-state index in [0.29, 0.717) is 11.3 Å². The number of hydrazone groups is 1. The molecule has 0 bridgehead atoms. The number of benzene rings is 1. The van der Waals surface area contributed by atoms with Crippen LogP contribution in [0.2, 0.25) is 0 Å². The molecule has 0 aromatic heterocycles. The van der Waals surface area contributed by atoms with E-state index in [2.05, 4.69) is 10.5 Å². The van der Waals surface area contributed by atoms with Crippen molar-refractivity contribution >= 4 is 27.1 Å². The number of nitriles is 1. The van der Waals surface area contributed by atoms with Gasteiger partial charge in [0.15, 0.2) is 15.7 Å². The second-order valence-corrected chi connectivity index (χ2v) is 6.29. The van der Waals surface area contributed by atoms with Gasteiger partial charge in [0.05, 0.1) is 10.6 Å². The van der Waals surface area contributed by atoms with Crippen molar-refractivity contribution in [2.24, 2.45) is 10.8 Å². The van der Waals surface area contributed by atoms with Crippen molar-refractivity contribution in [1.29, 1.82) is 10.7 Å². The molecule has 1 aromatic carbocycles. The van der Waals surface area contributed by atoms with Gasteiger partial charge in [-0.05, 0) is 31.0 Å². The van der Waals surface area contributed by atoms with Gasteiger partial charge >= 0.3 is 0 Å².